The van der Waals surface area contributed by atoms with Crippen molar-refractivity contribution in [1.29, 1.82) is 0 Å². The van der Waals surface area contributed by atoms with E-state index in [1.165, 1.54) is 6.20 Å². The second-order valence-corrected chi connectivity index (χ2v) is 5.71. The minimum atomic E-state index is -0.246. The summed E-state index contributed by atoms with van der Waals surface area (Å²) >= 11 is 0. The van der Waals surface area contributed by atoms with Gasteiger partial charge in [-0.05, 0) is 17.7 Å². The number of carbonyl (C=O) groups excluding carboxylic acids is 1. The van der Waals surface area contributed by atoms with Crippen molar-refractivity contribution in [3.05, 3.63) is 48.2 Å². The normalized spacial score (nSPS) is 14.9. The highest BCUT2D eigenvalue weighted by Gasteiger charge is 2.10. The van der Waals surface area contributed by atoms with Crippen molar-refractivity contribution in [2.45, 2.75) is 6.54 Å². The molecule has 1 aliphatic rings. The molecular weight excluding hydrogens is 320 g/mol. The van der Waals surface area contributed by atoms with Gasteiger partial charge in [-0.25, -0.2) is 9.97 Å². The molecule has 0 saturated carbocycles. The molecule has 132 valence electrons. The molecule has 0 aliphatic carbocycles. The van der Waals surface area contributed by atoms with Crippen molar-refractivity contribution < 1.29 is 9.53 Å². The van der Waals surface area contributed by atoms with E-state index in [-0.39, 0.29) is 5.91 Å². The van der Waals surface area contributed by atoms with E-state index < -0.39 is 0 Å². The predicted molar refractivity (Wildman–Crippen MR) is 93.2 cm³/mol. The number of aromatic nitrogens is 3. The highest BCUT2D eigenvalue weighted by molar-refractivity contribution is 5.91. The molecule has 2 aromatic heterocycles. The first kappa shape index (κ1) is 17.2. The van der Waals surface area contributed by atoms with Gasteiger partial charge in [0.2, 0.25) is 0 Å². The number of anilines is 1. The molecule has 0 atom stereocenters. The lowest BCUT2D eigenvalue weighted by Crippen LogP contribution is -2.39. The number of ether oxygens (including phenoxy) is 1. The molecule has 0 spiro atoms. The Morgan fingerprint density at radius 1 is 1.16 bits per heavy atom. The summed E-state index contributed by atoms with van der Waals surface area (Å²) in [5.41, 5.74) is 1.28. The Hall–Kier alpha value is -2.58. The van der Waals surface area contributed by atoms with Crippen LogP contribution in [0.2, 0.25) is 0 Å². The van der Waals surface area contributed by atoms with Crippen LogP contribution in [0.5, 0.6) is 0 Å². The van der Waals surface area contributed by atoms with Crippen LogP contribution in [-0.4, -0.2) is 65.2 Å². The highest BCUT2D eigenvalue weighted by atomic mass is 16.5. The van der Waals surface area contributed by atoms with Gasteiger partial charge in [0.1, 0.15) is 11.5 Å². The maximum Gasteiger partial charge on any atom is 0.271 e. The van der Waals surface area contributed by atoms with Gasteiger partial charge in [-0.15, -0.1) is 0 Å². The molecule has 3 heterocycles. The first-order chi connectivity index (χ1) is 12.3. The Balaban J connectivity index is 1.42. The highest BCUT2D eigenvalue weighted by Crippen LogP contribution is 2.03. The Morgan fingerprint density at radius 2 is 1.96 bits per heavy atom. The van der Waals surface area contributed by atoms with E-state index in [1.54, 1.807) is 18.6 Å². The molecule has 0 bridgehead atoms. The molecule has 3 rings (SSSR count). The van der Waals surface area contributed by atoms with Gasteiger partial charge in [0.15, 0.2) is 0 Å². The molecule has 1 fully saturated rings. The molecule has 2 N–H and O–H groups in total. The lowest BCUT2D eigenvalue weighted by Gasteiger charge is -2.26. The van der Waals surface area contributed by atoms with Crippen LogP contribution in [0.25, 0.3) is 0 Å². The SMILES string of the molecule is O=C(NCc1ccncc1)c1cnc(NCCN2CCOCC2)cn1. The molecule has 1 saturated heterocycles. The van der Waals surface area contributed by atoms with E-state index in [0.29, 0.717) is 18.1 Å². The summed E-state index contributed by atoms with van der Waals surface area (Å²) in [5.74, 6) is 0.420. The van der Waals surface area contributed by atoms with Crippen molar-refractivity contribution in [1.82, 2.24) is 25.2 Å². The quantitative estimate of drug-likeness (QED) is 0.759. The zero-order valence-electron chi connectivity index (χ0n) is 14.0. The van der Waals surface area contributed by atoms with Gasteiger partial charge in [0.25, 0.3) is 5.91 Å². The maximum absolute atomic E-state index is 12.1. The first-order valence-corrected chi connectivity index (χ1v) is 8.34. The van der Waals surface area contributed by atoms with Gasteiger partial charge in [0.05, 0.1) is 25.6 Å². The minimum absolute atomic E-state index is 0.246. The molecule has 8 nitrogen and oxygen atoms in total. The average Bonchev–Trinajstić information content (AvgIpc) is 2.68. The van der Waals surface area contributed by atoms with Crippen LogP contribution in [0.3, 0.4) is 0 Å². The number of carbonyl (C=O) groups is 1. The summed E-state index contributed by atoms with van der Waals surface area (Å²) in [6.45, 7) is 5.66. The Labute approximate surface area is 146 Å². The number of nitrogens with zero attached hydrogens (tertiary/aromatic N) is 4. The van der Waals surface area contributed by atoms with Gasteiger partial charge in [-0.2, -0.15) is 0 Å². The predicted octanol–water partition coefficient (Wildman–Crippen LogP) is 0.546. The number of pyridine rings is 1. The van der Waals surface area contributed by atoms with E-state index in [4.69, 9.17) is 4.74 Å². The van der Waals surface area contributed by atoms with Crippen LogP contribution < -0.4 is 10.6 Å². The smallest absolute Gasteiger partial charge is 0.271 e. The van der Waals surface area contributed by atoms with Crippen molar-refractivity contribution in [3.8, 4) is 0 Å². The van der Waals surface area contributed by atoms with Gasteiger partial charge in [0, 0.05) is 45.1 Å². The Morgan fingerprint density at radius 3 is 2.68 bits per heavy atom. The molecule has 1 aliphatic heterocycles. The third-order valence-corrected chi connectivity index (χ3v) is 3.92. The fraction of sp³-hybridized carbons (Fsp3) is 0.412. The van der Waals surface area contributed by atoms with Gasteiger partial charge in [-0.1, -0.05) is 0 Å². The molecular formula is C17H22N6O2. The molecule has 0 radical (unpaired) electrons. The third-order valence-electron chi connectivity index (χ3n) is 3.92. The number of hydrogen-bond acceptors (Lipinski definition) is 7. The lowest BCUT2D eigenvalue weighted by atomic mass is 10.2. The largest absolute Gasteiger partial charge is 0.379 e. The van der Waals surface area contributed by atoms with Crippen LogP contribution in [0.1, 0.15) is 16.1 Å². The van der Waals surface area contributed by atoms with E-state index in [2.05, 4.69) is 30.5 Å². The summed E-state index contributed by atoms with van der Waals surface area (Å²) in [6, 6.07) is 3.71. The Bertz CT molecular complexity index is 659. The zero-order valence-corrected chi connectivity index (χ0v) is 14.0. The summed E-state index contributed by atoms with van der Waals surface area (Å²) < 4.78 is 5.32. The third kappa shape index (κ3) is 5.47. The maximum atomic E-state index is 12.1. The summed E-state index contributed by atoms with van der Waals surface area (Å²) in [5, 5.41) is 6.03. The van der Waals surface area contributed by atoms with Gasteiger partial charge < -0.3 is 15.4 Å². The molecule has 8 heteroatoms. The van der Waals surface area contributed by atoms with Crippen molar-refractivity contribution in [2.24, 2.45) is 0 Å². The number of amides is 1. The zero-order chi connectivity index (χ0) is 17.3. The average molecular weight is 342 g/mol. The van der Waals surface area contributed by atoms with Crippen molar-refractivity contribution in [2.75, 3.05) is 44.7 Å². The van der Waals surface area contributed by atoms with Gasteiger partial charge >= 0.3 is 0 Å². The topological polar surface area (TPSA) is 92.3 Å². The van der Waals surface area contributed by atoms with Crippen LogP contribution in [0.15, 0.2) is 36.9 Å². The summed E-state index contributed by atoms with van der Waals surface area (Å²) in [7, 11) is 0. The van der Waals surface area contributed by atoms with Crippen molar-refractivity contribution in [3.63, 3.8) is 0 Å². The fourth-order valence-electron chi connectivity index (χ4n) is 2.48. The number of morpholine rings is 1. The summed E-state index contributed by atoms with van der Waals surface area (Å²) in [4.78, 5) is 26.8. The second-order valence-electron chi connectivity index (χ2n) is 5.71. The molecule has 0 unspecified atom stereocenters. The number of hydrogen-bond donors (Lipinski definition) is 2. The van der Waals surface area contributed by atoms with Gasteiger partial charge in [-0.3, -0.25) is 14.7 Å². The Kier molecular flexibility index (Phi) is 6.24. The standard InChI is InChI=1S/C17H22N6O2/c24-17(22-11-14-1-3-18-4-2-14)15-12-21-16(13-20-15)19-5-6-23-7-9-25-10-8-23/h1-4,12-13H,5-11H2,(H,19,21)(H,22,24). The molecule has 0 aromatic carbocycles. The van der Waals surface area contributed by atoms with Crippen LogP contribution in [0.4, 0.5) is 5.82 Å². The minimum Gasteiger partial charge on any atom is -0.379 e. The van der Waals surface area contributed by atoms with Crippen LogP contribution in [-0.2, 0) is 11.3 Å². The molecule has 1 amide bonds. The lowest BCUT2D eigenvalue weighted by molar-refractivity contribution is 0.0398. The molecule has 25 heavy (non-hydrogen) atoms. The van der Waals surface area contributed by atoms with Crippen LogP contribution >= 0.6 is 0 Å². The fourth-order valence-corrected chi connectivity index (χ4v) is 2.48. The molecule has 2 aromatic rings. The number of rotatable bonds is 7. The van der Waals surface area contributed by atoms with E-state index in [9.17, 15) is 4.79 Å². The van der Waals surface area contributed by atoms with E-state index >= 15 is 0 Å². The van der Waals surface area contributed by atoms with Crippen molar-refractivity contribution >= 4 is 11.7 Å². The number of nitrogens with one attached hydrogen (secondary N) is 2. The second kappa shape index (κ2) is 9.05. The summed E-state index contributed by atoms with van der Waals surface area (Å²) in [6.07, 6.45) is 6.46. The first-order valence-electron chi connectivity index (χ1n) is 8.34. The van der Waals surface area contributed by atoms with Crippen LogP contribution in [0, 0.1) is 0 Å². The van der Waals surface area contributed by atoms with E-state index in [1.807, 2.05) is 12.1 Å². The monoisotopic (exact) mass is 342 g/mol. The van der Waals surface area contributed by atoms with E-state index in [0.717, 1.165) is 45.0 Å².